The van der Waals surface area contributed by atoms with Crippen LogP contribution >= 0.6 is 0 Å². The van der Waals surface area contributed by atoms with Gasteiger partial charge in [-0.05, 0) is 43.3 Å². The van der Waals surface area contributed by atoms with Crippen molar-refractivity contribution in [2.45, 2.75) is 19.6 Å². The molecular formula is C17H17NO6. The molecule has 2 aromatic rings. The molecule has 1 N–H and O–H groups in total. The fourth-order valence-electron chi connectivity index (χ4n) is 1.87. The van der Waals surface area contributed by atoms with Crippen molar-refractivity contribution in [3.63, 3.8) is 0 Å². The van der Waals surface area contributed by atoms with Gasteiger partial charge in [0, 0.05) is 0 Å². The van der Waals surface area contributed by atoms with Crippen LogP contribution in [0.2, 0.25) is 0 Å². The number of furan rings is 1. The minimum atomic E-state index is -0.965. The van der Waals surface area contributed by atoms with Crippen molar-refractivity contribution in [2.75, 3.05) is 7.11 Å². The van der Waals surface area contributed by atoms with Crippen molar-refractivity contribution < 1.29 is 28.3 Å². The zero-order valence-corrected chi connectivity index (χ0v) is 13.3. The summed E-state index contributed by atoms with van der Waals surface area (Å²) in [6.07, 6.45) is 0.538. The number of hydrogen-bond donors (Lipinski definition) is 1. The van der Waals surface area contributed by atoms with Crippen LogP contribution in [-0.4, -0.2) is 31.1 Å². The van der Waals surface area contributed by atoms with Crippen LogP contribution in [-0.2, 0) is 20.8 Å². The summed E-state index contributed by atoms with van der Waals surface area (Å²) in [4.78, 5) is 35.2. The van der Waals surface area contributed by atoms with Crippen molar-refractivity contribution in [3.8, 4) is 0 Å². The van der Waals surface area contributed by atoms with E-state index in [4.69, 9.17) is 9.15 Å². The molecule has 7 heteroatoms. The van der Waals surface area contributed by atoms with Gasteiger partial charge in [0.25, 0.3) is 5.91 Å². The minimum absolute atomic E-state index is 0.210. The van der Waals surface area contributed by atoms with Gasteiger partial charge in [-0.15, -0.1) is 0 Å². The number of methoxy groups -OCH3 is 1. The highest BCUT2D eigenvalue weighted by atomic mass is 16.5. The second-order valence-electron chi connectivity index (χ2n) is 4.91. The smallest absolute Gasteiger partial charge is 0.338 e. The molecule has 0 aliphatic carbocycles. The fourth-order valence-corrected chi connectivity index (χ4v) is 1.87. The van der Waals surface area contributed by atoms with Gasteiger partial charge >= 0.3 is 11.9 Å². The standard InChI is InChI=1S/C17H17NO6/c1-11(15(19)18-10-14-4-3-9-23-14)24-17(21)13-7-5-12(6-8-13)16(20)22-2/h3-9,11H,10H2,1-2H3,(H,18,19). The van der Waals surface area contributed by atoms with Crippen LogP contribution in [0.3, 0.4) is 0 Å². The van der Waals surface area contributed by atoms with E-state index in [2.05, 4.69) is 10.1 Å². The largest absolute Gasteiger partial charge is 0.467 e. The van der Waals surface area contributed by atoms with Crippen molar-refractivity contribution in [3.05, 3.63) is 59.5 Å². The Kier molecular flexibility index (Phi) is 5.73. The number of hydrogen-bond acceptors (Lipinski definition) is 6. The summed E-state index contributed by atoms with van der Waals surface area (Å²) in [7, 11) is 1.27. The second kappa shape index (κ2) is 7.96. The molecule has 24 heavy (non-hydrogen) atoms. The summed E-state index contributed by atoms with van der Waals surface area (Å²) in [5.74, 6) is -1.00. The van der Waals surface area contributed by atoms with Crippen LogP contribution in [0.5, 0.6) is 0 Å². The molecule has 0 saturated carbocycles. The number of nitrogens with one attached hydrogen (secondary N) is 1. The maximum Gasteiger partial charge on any atom is 0.338 e. The molecule has 0 fully saturated rings. The average Bonchev–Trinajstić information content (AvgIpc) is 3.12. The second-order valence-corrected chi connectivity index (χ2v) is 4.91. The zero-order chi connectivity index (χ0) is 17.5. The molecule has 1 amide bonds. The first-order valence-electron chi connectivity index (χ1n) is 7.20. The number of benzene rings is 1. The average molecular weight is 331 g/mol. The molecule has 1 unspecified atom stereocenters. The quantitative estimate of drug-likeness (QED) is 0.813. The van der Waals surface area contributed by atoms with Gasteiger partial charge in [0.1, 0.15) is 5.76 Å². The van der Waals surface area contributed by atoms with Gasteiger partial charge in [-0.25, -0.2) is 9.59 Å². The SMILES string of the molecule is COC(=O)c1ccc(C(=O)OC(C)C(=O)NCc2ccco2)cc1. The Bertz CT molecular complexity index is 705. The Morgan fingerprint density at radius 3 is 2.25 bits per heavy atom. The van der Waals surface area contributed by atoms with Gasteiger partial charge in [0.15, 0.2) is 6.10 Å². The van der Waals surface area contributed by atoms with Crippen LogP contribution in [0.15, 0.2) is 47.1 Å². The summed E-state index contributed by atoms with van der Waals surface area (Å²) in [6.45, 7) is 1.68. The molecule has 0 saturated heterocycles. The molecule has 0 aliphatic heterocycles. The van der Waals surface area contributed by atoms with Gasteiger partial charge in [-0.2, -0.15) is 0 Å². The maximum atomic E-state index is 12.0. The van der Waals surface area contributed by atoms with E-state index in [-0.39, 0.29) is 12.1 Å². The Balaban J connectivity index is 1.88. The first-order valence-corrected chi connectivity index (χ1v) is 7.20. The van der Waals surface area contributed by atoms with Crippen LogP contribution in [0, 0.1) is 0 Å². The molecule has 0 bridgehead atoms. The van der Waals surface area contributed by atoms with Crippen LogP contribution in [0.1, 0.15) is 33.4 Å². The molecule has 1 aromatic heterocycles. The number of amides is 1. The van der Waals surface area contributed by atoms with Gasteiger partial charge in [0.2, 0.25) is 0 Å². The normalized spacial score (nSPS) is 11.4. The topological polar surface area (TPSA) is 94.8 Å². The molecule has 0 spiro atoms. The molecule has 1 heterocycles. The fraction of sp³-hybridized carbons (Fsp3) is 0.235. The highest BCUT2D eigenvalue weighted by molar-refractivity contribution is 5.94. The predicted molar refractivity (Wildman–Crippen MR) is 83.2 cm³/mol. The Labute approximate surface area is 138 Å². The van der Waals surface area contributed by atoms with Crippen molar-refractivity contribution in [1.29, 1.82) is 0 Å². The first-order chi connectivity index (χ1) is 11.5. The lowest BCUT2D eigenvalue weighted by Crippen LogP contribution is -2.35. The summed E-state index contributed by atoms with van der Waals surface area (Å²) < 4.78 is 14.8. The van der Waals surface area contributed by atoms with Crippen molar-refractivity contribution in [2.24, 2.45) is 0 Å². The van der Waals surface area contributed by atoms with E-state index in [1.807, 2.05) is 0 Å². The van der Waals surface area contributed by atoms with Crippen molar-refractivity contribution >= 4 is 17.8 Å². The predicted octanol–water partition coefficient (Wildman–Crippen LogP) is 1.93. The van der Waals surface area contributed by atoms with Gasteiger partial charge in [-0.1, -0.05) is 0 Å². The molecule has 1 atom stereocenters. The van der Waals surface area contributed by atoms with Crippen LogP contribution in [0.25, 0.3) is 0 Å². The van der Waals surface area contributed by atoms with E-state index in [0.29, 0.717) is 11.3 Å². The molecule has 0 radical (unpaired) electrons. The number of carbonyl (C=O) groups is 3. The monoisotopic (exact) mass is 331 g/mol. The van der Waals surface area contributed by atoms with E-state index in [9.17, 15) is 14.4 Å². The summed E-state index contributed by atoms with van der Waals surface area (Å²) in [5, 5.41) is 2.60. The molecule has 0 aliphatic rings. The van der Waals surface area contributed by atoms with Gasteiger partial charge in [-0.3, -0.25) is 4.79 Å². The van der Waals surface area contributed by atoms with Crippen molar-refractivity contribution in [1.82, 2.24) is 5.32 Å². The Morgan fingerprint density at radius 2 is 1.71 bits per heavy atom. The van der Waals surface area contributed by atoms with E-state index < -0.39 is 23.9 Å². The molecule has 126 valence electrons. The van der Waals surface area contributed by atoms with Gasteiger partial charge in [0.05, 0.1) is 31.0 Å². The highest BCUT2D eigenvalue weighted by Gasteiger charge is 2.19. The van der Waals surface area contributed by atoms with Crippen LogP contribution < -0.4 is 5.32 Å². The summed E-state index contributed by atoms with van der Waals surface area (Å²) in [5.41, 5.74) is 0.548. The van der Waals surface area contributed by atoms with E-state index in [1.165, 1.54) is 44.6 Å². The first kappa shape index (κ1) is 17.3. The third-order valence-electron chi connectivity index (χ3n) is 3.21. The Morgan fingerprint density at radius 1 is 1.08 bits per heavy atom. The maximum absolute atomic E-state index is 12.0. The third-order valence-corrected chi connectivity index (χ3v) is 3.21. The lowest BCUT2D eigenvalue weighted by Gasteiger charge is -2.13. The van der Waals surface area contributed by atoms with E-state index >= 15 is 0 Å². The van der Waals surface area contributed by atoms with Gasteiger partial charge < -0.3 is 19.2 Å². The number of ether oxygens (including phenoxy) is 2. The third kappa shape index (κ3) is 4.45. The van der Waals surface area contributed by atoms with E-state index in [0.717, 1.165) is 0 Å². The zero-order valence-electron chi connectivity index (χ0n) is 13.3. The lowest BCUT2D eigenvalue weighted by atomic mass is 10.1. The minimum Gasteiger partial charge on any atom is -0.467 e. The van der Waals surface area contributed by atoms with E-state index in [1.54, 1.807) is 12.1 Å². The Hall–Kier alpha value is -3.09. The highest BCUT2D eigenvalue weighted by Crippen LogP contribution is 2.09. The molecule has 2 rings (SSSR count). The van der Waals surface area contributed by atoms with Crippen LogP contribution in [0.4, 0.5) is 0 Å². The summed E-state index contributed by atoms with van der Waals surface area (Å²) >= 11 is 0. The number of carbonyl (C=O) groups excluding carboxylic acids is 3. The number of esters is 2. The molecule has 1 aromatic carbocycles. The summed E-state index contributed by atoms with van der Waals surface area (Å²) in [6, 6.07) is 9.20. The molecular weight excluding hydrogens is 314 g/mol. The molecule has 7 nitrogen and oxygen atoms in total. The lowest BCUT2D eigenvalue weighted by molar-refractivity contribution is -0.129. The number of rotatable bonds is 6.